The van der Waals surface area contributed by atoms with Gasteiger partial charge in [-0.15, -0.1) is 0 Å². The number of benzene rings is 1. The largest absolute Gasteiger partial charge is 0.379 e. The van der Waals surface area contributed by atoms with Crippen molar-refractivity contribution < 1.29 is 9.47 Å². The van der Waals surface area contributed by atoms with Crippen molar-refractivity contribution in [3.63, 3.8) is 0 Å². The summed E-state index contributed by atoms with van der Waals surface area (Å²) in [5, 5.41) is 6.66. The van der Waals surface area contributed by atoms with Gasteiger partial charge in [-0.2, -0.15) is 0 Å². The number of ether oxygens (including phenoxy) is 2. The minimum atomic E-state index is 0.306. The summed E-state index contributed by atoms with van der Waals surface area (Å²) in [5.41, 5.74) is 2.48. The first-order valence-corrected chi connectivity index (χ1v) is 9.95. The highest BCUT2D eigenvalue weighted by Gasteiger charge is 2.14. The highest BCUT2D eigenvalue weighted by molar-refractivity contribution is 9.10. The lowest BCUT2D eigenvalue weighted by atomic mass is 10.1. The summed E-state index contributed by atoms with van der Waals surface area (Å²) in [7, 11) is 0. The molecule has 0 aliphatic carbocycles. The predicted molar refractivity (Wildman–Crippen MR) is 106 cm³/mol. The SMILES string of the molecule is CCNC(=NCc1ccc(Br)cc1C)NCCCOCC1CCCO1. The van der Waals surface area contributed by atoms with Gasteiger partial charge in [-0.3, -0.25) is 0 Å². The highest BCUT2D eigenvalue weighted by atomic mass is 79.9. The molecule has 1 aliphatic rings. The summed E-state index contributed by atoms with van der Waals surface area (Å²) in [6, 6.07) is 6.30. The van der Waals surface area contributed by atoms with E-state index < -0.39 is 0 Å². The van der Waals surface area contributed by atoms with Crippen LogP contribution in [0.4, 0.5) is 0 Å². The van der Waals surface area contributed by atoms with Gasteiger partial charge in [-0.25, -0.2) is 4.99 Å². The quantitative estimate of drug-likeness (QED) is 0.371. The van der Waals surface area contributed by atoms with Gasteiger partial charge < -0.3 is 20.1 Å². The van der Waals surface area contributed by atoms with Crippen molar-refractivity contribution >= 4 is 21.9 Å². The number of hydrogen-bond donors (Lipinski definition) is 2. The van der Waals surface area contributed by atoms with E-state index in [9.17, 15) is 0 Å². The van der Waals surface area contributed by atoms with Crippen LogP contribution in [0.25, 0.3) is 0 Å². The van der Waals surface area contributed by atoms with Gasteiger partial charge in [0.05, 0.1) is 19.3 Å². The molecule has 1 unspecified atom stereocenters. The van der Waals surface area contributed by atoms with Crippen molar-refractivity contribution in [2.24, 2.45) is 4.99 Å². The summed E-state index contributed by atoms with van der Waals surface area (Å²) >= 11 is 3.50. The van der Waals surface area contributed by atoms with Gasteiger partial charge in [0.25, 0.3) is 0 Å². The van der Waals surface area contributed by atoms with E-state index in [0.29, 0.717) is 12.6 Å². The van der Waals surface area contributed by atoms with Gasteiger partial charge in [-0.1, -0.05) is 22.0 Å². The maximum absolute atomic E-state index is 5.69. The van der Waals surface area contributed by atoms with Crippen LogP contribution in [0, 0.1) is 6.92 Å². The van der Waals surface area contributed by atoms with Gasteiger partial charge in [0.1, 0.15) is 0 Å². The maximum Gasteiger partial charge on any atom is 0.191 e. The molecule has 1 aliphatic heterocycles. The summed E-state index contributed by atoms with van der Waals surface area (Å²) in [6.07, 6.45) is 3.55. The minimum Gasteiger partial charge on any atom is -0.379 e. The van der Waals surface area contributed by atoms with Crippen LogP contribution in [0.1, 0.15) is 37.3 Å². The first kappa shape index (κ1) is 20.2. The van der Waals surface area contributed by atoms with Crippen LogP contribution in [0.2, 0.25) is 0 Å². The normalized spacial score (nSPS) is 17.7. The van der Waals surface area contributed by atoms with Crippen LogP contribution in [-0.4, -0.2) is 45.0 Å². The van der Waals surface area contributed by atoms with Crippen molar-refractivity contribution in [2.45, 2.75) is 45.8 Å². The van der Waals surface area contributed by atoms with Crippen molar-refractivity contribution in [2.75, 3.05) is 32.9 Å². The first-order chi connectivity index (χ1) is 12.2. The van der Waals surface area contributed by atoms with Crippen LogP contribution in [-0.2, 0) is 16.0 Å². The van der Waals surface area contributed by atoms with Crippen molar-refractivity contribution in [1.82, 2.24) is 10.6 Å². The fraction of sp³-hybridized carbons (Fsp3) is 0.632. The Bertz CT molecular complexity index is 545. The third-order valence-electron chi connectivity index (χ3n) is 4.14. The van der Waals surface area contributed by atoms with E-state index in [0.717, 1.165) is 62.6 Å². The molecule has 25 heavy (non-hydrogen) atoms. The molecule has 6 heteroatoms. The van der Waals surface area contributed by atoms with Crippen molar-refractivity contribution in [3.8, 4) is 0 Å². The second-order valence-electron chi connectivity index (χ2n) is 6.26. The second-order valence-corrected chi connectivity index (χ2v) is 7.17. The standard InChI is InChI=1S/C19H30BrN3O2/c1-3-21-19(23-13-16-7-8-17(20)12-15(16)2)22-9-5-10-24-14-18-6-4-11-25-18/h7-8,12,18H,3-6,9-11,13-14H2,1-2H3,(H2,21,22,23). The second kappa shape index (κ2) is 11.5. The van der Waals surface area contributed by atoms with Gasteiger partial charge in [0, 0.05) is 30.8 Å². The molecule has 0 bridgehead atoms. The lowest BCUT2D eigenvalue weighted by molar-refractivity contribution is 0.0168. The molecule has 1 fully saturated rings. The van der Waals surface area contributed by atoms with Crippen molar-refractivity contribution in [3.05, 3.63) is 33.8 Å². The predicted octanol–water partition coefficient (Wildman–Crippen LogP) is 3.40. The Morgan fingerprint density at radius 2 is 2.28 bits per heavy atom. The topological polar surface area (TPSA) is 54.9 Å². The molecule has 1 saturated heterocycles. The number of halogens is 1. The zero-order valence-corrected chi connectivity index (χ0v) is 16.9. The molecule has 0 spiro atoms. The molecule has 0 saturated carbocycles. The van der Waals surface area contributed by atoms with Gasteiger partial charge >= 0.3 is 0 Å². The fourth-order valence-electron chi connectivity index (χ4n) is 2.71. The summed E-state index contributed by atoms with van der Waals surface area (Å²) < 4.78 is 12.3. The Morgan fingerprint density at radius 3 is 3.00 bits per heavy atom. The number of aliphatic imine (C=N–C) groups is 1. The number of nitrogens with zero attached hydrogens (tertiary/aromatic N) is 1. The molecule has 5 nitrogen and oxygen atoms in total. The average Bonchev–Trinajstić information content (AvgIpc) is 3.10. The third-order valence-corrected chi connectivity index (χ3v) is 4.64. The number of hydrogen-bond acceptors (Lipinski definition) is 3. The Balaban J connectivity index is 1.68. The Morgan fingerprint density at radius 1 is 1.40 bits per heavy atom. The Labute approximate surface area is 159 Å². The van der Waals surface area contributed by atoms with E-state index in [4.69, 9.17) is 9.47 Å². The van der Waals surface area contributed by atoms with Gasteiger partial charge in [0.2, 0.25) is 0 Å². The van der Waals surface area contributed by atoms with E-state index in [2.05, 4.69) is 63.6 Å². The maximum atomic E-state index is 5.69. The summed E-state index contributed by atoms with van der Waals surface area (Å²) in [5.74, 6) is 0.851. The molecule has 1 heterocycles. The van der Waals surface area contributed by atoms with E-state index in [-0.39, 0.29) is 0 Å². The van der Waals surface area contributed by atoms with E-state index >= 15 is 0 Å². The lowest BCUT2D eigenvalue weighted by Crippen LogP contribution is -2.38. The molecule has 140 valence electrons. The molecular weight excluding hydrogens is 382 g/mol. The summed E-state index contributed by atoms with van der Waals surface area (Å²) in [4.78, 5) is 4.67. The molecule has 0 amide bonds. The van der Waals surface area contributed by atoms with Crippen LogP contribution in [0.3, 0.4) is 0 Å². The van der Waals surface area contributed by atoms with E-state index in [1.54, 1.807) is 0 Å². The van der Waals surface area contributed by atoms with Crippen LogP contribution >= 0.6 is 15.9 Å². The average molecular weight is 412 g/mol. The Hall–Kier alpha value is -1.11. The van der Waals surface area contributed by atoms with Crippen LogP contribution in [0.15, 0.2) is 27.7 Å². The van der Waals surface area contributed by atoms with Crippen molar-refractivity contribution in [1.29, 1.82) is 0 Å². The highest BCUT2D eigenvalue weighted by Crippen LogP contribution is 2.16. The smallest absolute Gasteiger partial charge is 0.191 e. The molecule has 1 atom stereocenters. The molecule has 2 N–H and O–H groups in total. The number of rotatable bonds is 9. The number of aryl methyl sites for hydroxylation is 1. The molecular formula is C19H30BrN3O2. The molecule has 1 aromatic rings. The van der Waals surface area contributed by atoms with Crippen LogP contribution < -0.4 is 10.6 Å². The monoisotopic (exact) mass is 411 g/mol. The number of guanidine groups is 1. The van der Waals surface area contributed by atoms with E-state index in [1.165, 1.54) is 11.1 Å². The summed E-state index contributed by atoms with van der Waals surface area (Å²) in [6.45, 7) is 8.90. The first-order valence-electron chi connectivity index (χ1n) is 9.15. The van der Waals surface area contributed by atoms with Gasteiger partial charge in [0.15, 0.2) is 5.96 Å². The molecule has 0 aromatic heterocycles. The fourth-order valence-corrected chi connectivity index (χ4v) is 3.19. The van der Waals surface area contributed by atoms with Gasteiger partial charge in [-0.05, 0) is 56.4 Å². The third kappa shape index (κ3) is 7.75. The zero-order chi connectivity index (χ0) is 17.9. The minimum absolute atomic E-state index is 0.306. The zero-order valence-electron chi connectivity index (χ0n) is 15.3. The molecule has 0 radical (unpaired) electrons. The van der Waals surface area contributed by atoms with Crippen LogP contribution in [0.5, 0.6) is 0 Å². The Kier molecular flexibility index (Phi) is 9.29. The lowest BCUT2D eigenvalue weighted by Gasteiger charge is -2.13. The molecule has 2 rings (SSSR count). The molecule has 1 aromatic carbocycles. The number of nitrogens with one attached hydrogen (secondary N) is 2. The van der Waals surface area contributed by atoms with E-state index in [1.807, 2.05) is 0 Å².